The van der Waals surface area contributed by atoms with Gasteiger partial charge in [-0.3, -0.25) is 0 Å². The fraction of sp³-hybridized carbons (Fsp3) is 0.688. The molecule has 0 aliphatic heterocycles. The van der Waals surface area contributed by atoms with Crippen molar-refractivity contribution >= 4 is 5.82 Å². The van der Waals surface area contributed by atoms with Crippen molar-refractivity contribution in [3.8, 4) is 0 Å². The van der Waals surface area contributed by atoms with E-state index in [4.69, 9.17) is 0 Å². The van der Waals surface area contributed by atoms with Gasteiger partial charge in [0, 0.05) is 24.8 Å². The molecule has 1 aromatic heterocycles. The highest BCUT2D eigenvalue weighted by Gasteiger charge is 2.14. The Kier molecular flexibility index (Phi) is 6.08. The van der Waals surface area contributed by atoms with E-state index in [9.17, 15) is 8.78 Å². The van der Waals surface area contributed by atoms with E-state index in [0.717, 1.165) is 11.3 Å². The molecular weight excluding hydrogens is 272 g/mol. The maximum Gasteiger partial charge on any atom is 0.255 e. The van der Waals surface area contributed by atoms with Gasteiger partial charge in [-0.15, -0.1) is 0 Å². The first kappa shape index (κ1) is 17.8. The van der Waals surface area contributed by atoms with Gasteiger partial charge in [0.05, 0.1) is 6.54 Å². The Morgan fingerprint density at radius 2 is 1.86 bits per heavy atom. The lowest BCUT2D eigenvalue weighted by molar-refractivity contribution is 0.156. The second kappa shape index (κ2) is 7.16. The second-order valence-corrected chi connectivity index (χ2v) is 6.79. The van der Waals surface area contributed by atoms with Crippen LogP contribution >= 0.6 is 0 Å². The van der Waals surface area contributed by atoms with Gasteiger partial charge in [-0.25, -0.2) is 13.8 Å². The van der Waals surface area contributed by atoms with Crippen molar-refractivity contribution < 1.29 is 8.78 Å². The van der Waals surface area contributed by atoms with E-state index in [1.807, 2.05) is 12.1 Å². The van der Waals surface area contributed by atoms with Gasteiger partial charge in [0.2, 0.25) is 0 Å². The molecule has 21 heavy (non-hydrogen) atoms. The summed E-state index contributed by atoms with van der Waals surface area (Å²) in [4.78, 5) is 6.01. The number of pyridine rings is 1. The van der Waals surface area contributed by atoms with Gasteiger partial charge >= 0.3 is 0 Å². The van der Waals surface area contributed by atoms with Crippen LogP contribution in [0.4, 0.5) is 14.6 Å². The zero-order valence-corrected chi connectivity index (χ0v) is 13.9. The minimum atomic E-state index is -2.37. The van der Waals surface area contributed by atoms with Crippen LogP contribution in [-0.2, 0) is 6.54 Å². The van der Waals surface area contributed by atoms with Crippen molar-refractivity contribution in [2.75, 3.05) is 18.5 Å². The van der Waals surface area contributed by atoms with Gasteiger partial charge < -0.3 is 10.2 Å². The summed E-state index contributed by atoms with van der Waals surface area (Å²) in [6, 6.07) is 3.93. The molecule has 0 fully saturated rings. The standard InChI is InChI=1S/C16H27F2N3/c1-11(2)13-7-12(9-19-16(3,4)5)8-15(20-13)21(6)10-14(17)18/h7-8,11,14,19H,9-10H2,1-6H3. The first-order valence-electron chi connectivity index (χ1n) is 7.33. The molecule has 0 atom stereocenters. The average molecular weight is 299 g/mol. The summed E-state index contributed by atoms with van der Waals surface area (Å²) in [5.74, 6) is 0.866. The summed E-state index contributed by atoms with van der Waals surface area (Å²) in [6.45, 7) is 10.8. The zero-order chi connectivity index (χ0) is 16.2. The highest BCUT2D eigenvalue weighted by Crippen LogP contribution is 2.20. The molecule has 0 saturated heterocycles. The number of nitrogens with one attached hydrogen (secondary N) is 1. The van der Waals surface area contributed by atoms with E-state index >= 15 is 0 Å². The van der Waals surface area contributed by atoms with E-state index < -0.39 is 6.43 Å². The zero-order valence-electron chi connectivity index (χ0n) is 13.9. The molecule has 0 aliphatic rings. The third-order valence-electron chi connectivity index (χ3n) is 3.11. The topological polar surface area (TPSA) is 28.2 Å². The predicted molar refractivity (Wildman–Crippen MR) is 84.2 cm³/mol. The molecule has 0 spiro atoms. The summed E-state index contributed by atoms with van der Waals surface area (Å²) in [5, 5.41) is 3.42. The highest BCUT2D eigenvalue weighted by molar-refractivity contribution is 5.42. The molecule has 1 aromatic rings. The summed E-state index contributed by atoms with van der Waals surface area (Å²) >= 11 is 0. The highest BCUT2D eigenvalue weighted by atomic mass is 19.3. The Morgan fingerprint density at radius 3 is 2.33 bits per heavy atom. The third-order valence-corrected chi connectivity index (χ3v) is 3.11. The predicted octanol–water partition coefficient (Wildman–Crippen LogP) is 3.79. The number of aromatic nitrogens is 1. The van der Waals surface area contributed by atoms with Crippen LogP contribution in [0.25, 0.3) is 0 Å². The van der Waals surface area contributed by atoms with Crippen molar-refractivity contribution in [2.45, 2.75) is 59.0 Å². The Hall–Kier alpha value is -1.23. The smallest absolute Gasteiger partial charge is 0.255 e. The van der Waals surface area contributed by atoms with Gasteiger partial charge in [-0.2, -0.15) is 0 Å². The lowest BCUT2D eigenvalue weighted by Crippen LogP contribution is -2.35. The molecule has 3 nitrogen and oxygen atoms in total. The Bertz CT molecular complexity index is 453. The van der Waals surface area contributed by atoms with E-state index in [1.165, 1.54) is 4.90 Å². The van der Waals surface area contributed by atoms with Crippen LogP contribution in [0.15, 0.2) is 12.1 Å². The van der Waals surface area contributed by atoms with Crippen LogP contribution in [-0.4, -0.2) is 30.5 Å². The van der Waals surface area contributed by atoms with E-state index in [1.54, 1.807) is 7.05 Å². The normalized spacial score (nSPS) is 12.3. The van der Waals surface area contributed by atoms with Gasteiger partial charge in [-0.1, -0.05) is 13.8 Å². The molecule has 0 radical (unpaired) electrons. The summed E-state index contributed by atoms with van der Waals surface area (Å²) in [7, 11) is 1.65. The third kappa shape index (κ3) is 6.38. The van der Waals surface area contributed by atoms with E-state index in [2.05, 4.69) is 44.9 Å². The number of hydrogen-bond acceptors (Lipinski definition) is 3. The van der Waals surface area contributed by atoms with Crippen LogP contribution < -0.4 is 10.2 Å². The van der Waals surface area contributed by atoms with Gasteiger partial charge in [0.15, 0.2) is 0 Å². The fourth-order valence-corrected chi connectivity index (χ4v) is 1.86. The van der Waals surface area contributed by atoms with E-state index in [0.29, 0.717) is 12.4 Å². The number of halogens is 2. The number of alkyl halides is 2. The van der Waals surface area contributed by atoms with Gasteiger partial charge in [0.25, 0.3) is 6.43 Å². The van der Waals surface area contributed by atoms with Crippen LogP contribution in [0.5, 0.6) is 0 Å². The lowest BCUT2D eigenvalue weighted by atomic mass is 10.1. The first-order valence-corrected chi connectivity index (χ1v) is 7.33. The van der Waals surface area contributed by atoms with Crippen molar-refractivity contribution in [3.63, 3.8) is 0 Å². The number of hydrogen-bond donors (Lipinski definition) is 1. The molecule has 0 unspecified atom stereocenters. The Labute approximate surface area is 126 Å². The SMILES string of the molecule is CC(C)c1cc(CNC(C)(C)C)cc(N(C)CC(F)F)n1. The maximum absolute atomic E-state index is 12.6. The average Bonchev–Trinajstić information content (AvgIpc) is 2.34. The molecule has 0 bridgehead atoms. The molecule has 1 rings (SSSR count). The quantitative estimate of drug-likeness (QED) is 0.866. The Balaban J connectivity index is 3.00. The number of anilines is 1. The largest absolute Gasteiger partial charge is 0.354 e. The van der Waals surface area contributed by atoms with Crippen molar-refractivity contribution in [1.82, 2.24) is 10.3 Å². The first-order chi connectivity index (χ1) is 9.58. The molecule has 1 heterocycles. The van der Waals surface area contributed by atoms with Gasteiger partial charge in [-0.05, 0) is 44.4 Å². The molecule has 120 valence electrons. The second-order valence-electron chi connectivity index (χ2n) is 6.79. The van der Waals surface area contributed by atoms with Crippen LogP contribution in [0, 0.1) is 0 Å². The molecule has 0 aliphatic carbocycles. The summed E-state index contributed by atoms with van der Waals surface area (Å²) in [6.07, 6.45) is -2.37. The number of nitrogens with zero attached hydrogens (tertiary/aromatic N) is 2. The van der Waals surface area contributed by atoms with Crippen molar-refractivity contribution in [2.24, 2.45) is 0 Å². The minimum Gasteiger partial charge on any atom is -0.354 e. The minimum absolute atomic E-state index is 0.0102. The summed E-state index contributed by atoms with van der Waals surface area (Å²) in [5.41, 5.74) is 2.01. The number of rotatable bonds is 6. The molecular formula is C16H27F2N3. The molecule has 0 amide bonds. The maximum atomic E-state index is 12.6. The van der Waals surface area contributed by atoms with Crippen molar-refractivity contribution in [1.29, 1.82) is 0 Å². The lowest BCUT2D eigenvalue weighted by Gasteiger charge is -2.23. The fourth-order valence-electron chi connectivity index (χ4n) is 1.86. The van der Waals surface area contributed by atoms with Gasteiger partial charge in [0.1, 0.15) is 5.82 Å². The molecule has 1 N–H and O–H groups in total. The van der Waals surface area contributed by atoms with E-state index in [-0.39, 0.29) is 18.0 Å². The van der Waals surface area contributed by atoms with Crippen LogP contribution in [0.3, 0.4) is 0 Å². The van der Waals surface area contributed by atoms with Crippen LogP contribution in [0.2, 0.25) is 0 Å². The van der Waals surface area contributed by atoms with Crippen LogP contribution in [0.1, 0.15) is 51.8 Å². The monoisotopic (exact) mass is 299 g/mol. The molecule has 5 heteroatoms. The van der Waals surface area contributed by atoms with Crippen molar-refractivity contribution in [3.05, 3.63) is 23.4 Å². The Morgan fingerprint density at radius 1 is 1.24 bits per heavy atom. The molecule has 0 aromatic carbocycles. The molecule has 0 saturated carbocycles. The summed E-state index contributed by atoms with van der Waals surface area (Å²) < 4.78 is 25.1.